The third-order valence-electron chi connectivity index (χ3n) is 6.34. The molecule has 2 aromatic heterocycles. The minimum atomic E-state index is -3.71. The van der Waals surface area contributed by atoms with Crippen molar-refractivity contribution < 1.29 is 17.6 Å². The normalized spacial score (nSPS) is 16.9. The fourth-order valence-corrected chi connectivity index (χ4v) is 6.92. The van der Waals surface area contributed by atoms with E-state index < -0.39 is 15.9 Å². The number of fused-ring (bicyclic) bond motifs is 1. The van der Waals surface area contributed by atoms with Gasteiger partial charge in [0, 0.05) is 32.0 Å². The monoisotopic (exact) mass is 527 g/mol. The molecule has 1 fully saturated rings. The van der Waals surface area contributed by atoms with E-state index in [2.05, 4.69) is 10.1 Å². The number of anilines is 1. The summed E-state index contributed by atoms with van der Waals surface area (Å²) in [6, 6.07) is 12.9. The van der Waals surface area contributed by atoms with Gasteiger partial charge in [0.15, 0.2) is 5.13 Å². The molecule has 1 aliphatic rings. The number of carbonyl (C=O) groups is 1. The first kappa shape index (κ1) is 24.5. The molecular weight excluding hydrogens is 501 g/mol. The minimum Gasteiger partial charge on any atom is -0.286 e. The lowest BCUT2D eigenvalue weighted by Crippen LogP contribution is -2.47. The molecule has 1 amide bonds. The van der Waals surface area contributed by atoms with E-state index in [0.29, 0.717) is 47.8 Å². The molecule has 0 bridgehead atoms. The number of benzene rings is 2. The summed E-state index contributed by atoms with van der Waals surface area (Å²) in [6.07, 6.45) is 4.64. The van der Waals surface area contributed by atoms with E-state index in [9.17, 15) is 17.6 Å². The van der Waals surface area contributed by atoms with Crippen molar-refractivity contribution in [3.8, 4) is 0 Å². The molecule has 1 aliphatic heterocycles. The molecular formula is C25H26FN5O3S2. The number of aryl methyl sites for hydroxylation is 1. The van der Waals surface area contributed by atoms with Gasteiger partial charge in [0.2, 0.25) is 15.9 Å². The van der Waals surface area contributed by atoms with Gasteiger partial charge in [-0.2, -0.15) is 9.40 Å². The Balaban J connectivity index is 1.41. The van der Waals surface area contributed by atoms with E-state index in [4.69, 9.17) is 0 Å². The van der Waals surface area contributed by atoms with E-state index in [1.54, 1.807) is 46.1 Å². The fraction of sp³-hybridized carbons (Fsp3) is 0.320. The lowest BCUT2D eigenvalue weighted by Gasteiger charge is -2.33. The van der Waals surface area contributed by atoms with Gasteiger partial charge in [0.1, 0.15) is 5.82 Å². The summed E-state index contributed by atoms with van der Waals surface area (Å²) in [5, 5.41) is 4.68. The zero-order chi connectivity index (χ0) is 25.3. The largest absolute Gasteiger partial charge is 0.286 e. The second-order valence-electron chi connectivity index (χ2n) is 8.88. The number of hydrogen-bond acceptors (Lipinski definition) is 6. The van der Waals surface area contributed by atoms with Crippen molar-refractivity contribution in [3.05, 3.63) is 72.3 Å². The lowest BCUT2D eigenvalue weighted by molar-refractivity contribution is -0.123. The van der Waals surface area contributed by atoms with Crippen LogP contribution in [-0.2, 0) is 21.4 Å². The Morgan fingerprint density at radius 3 is 2.78 bits per heavy atom. The highest BCUT2D eigenvalue weighted by Crippen LogP contribution is 2.32. The van der Waals surface area contributed by atoms with E-state index in [0.717, 1.165) is 5.56 Å². The van der Waals surface area contributed by atoms with Crippen LogP contribution in [0, 0.1) is 18.7 Å². The second kappa shape index (κ2) is 10.1. The first-order valence-corrected chi connectivity index (χ1v) is 14.0. The summed E-state index contributed by atoms with van der Waals surface area (Å²) in [4.78, 5) is 20.2. The van der Waals surface area contributed by atoms with Crippen molar-refractivity contribution in [2.24, 2.45) is 5.92 Å². The van der Waals surface area contributed by atoms with Gasteiger partial charge in [-0.1, -0.05) is 29.0 Å². The summed E-state index contributed by atoms with van der Waals surface area (Å²) < 4.78 is 44.1. The van der Waals surface area contributed by atoms with E-state index in [-0.39, 0.29) is 23.2 Å². The van der Waals surface area contributed by atoms with Gasteiger partial charge in [0.05, 0.1) is 27.6 Å². The molecule has 0 N–H and O–H groups in total. The number of aromatic nitrogens is 3. The molecule has 8 nitrogen and oxygen atoms in total. The molecule has 0 spiro atoms. The fourth-order valence-electron chi connectivity index (χ4n) is 4.38. The van der Waals surface area contributed by atoms with E-state index in [1.807, 2.05) is 19.2 Å². The van der Waals surface area contributed by atoms with Gasteiger partial charge in [-0.05, 0) is 56.2 Å². The van der Waals surface area contributed by atoms with Crippen LogP contribution >= 0.6 is 11.3 Å². The number of halogens is 1. The van der Waals surface area contributed by atoms with Crippen LogP contribution in [0.15, 0.2) is 65.8 Å². The first-order chi connectivity index (χ1) is 17.3. The van der Waals surface area contributed by atoms with Crippen LogP contribution in [0.4, 0.5) is 9.52 Å². The molecule has 5 rings (SSSR count). The minimum absolute atomic E-state index is 0.104. The summed E-state index contributed by atoms with van der Waals surface area (Å²) in [6.45, 7) is 3.13. The van der Waals surface area contributed by atoms with Crippen molar-refractivity contribution in [2.45, 2.75) is 31.2 Å². The molecule has 1 atom stereocenters. The zero-order valence-corrected chi connectivity index (χ0v) is 21.4. The van der Waals surface area contributed by atoms with Crippen LogP contribution in [0.1, 0.15) is 18.4 Å². The van der Waals surface area contributed by atoms with Gasteiger partial charge < -0.3 is 0 Å². The maximum absolute atomic E-state index is 13.8. The van der Waals surface area contributed by atoms with Crippen molar-refractivity contribution in [2.75, 3.05) is 24.5 Å². The molecule has 1 unspecified atom stereocenters. The Morgan fingerprint density at radius 1 is 1.22 bits per heavy atom. The molecule has 3 heterocycles. The topological polar surface area (TPSA) is 88.4 Å². The van der Waals surface area contributed by atoms with Crippen molar-refractivity contribution in [1.82, 2.24) is 19.1 Å². The highest BCUT2D eigenvalue weighted by molar-refractivity contribution is 7.89. The Labute approximate surface area is 213 Å². The molecule has 4 aromatic rings. The predicted molar refractivity (Wildman–Crippen MR) is 137 cm³/mol. The number of carbonyl (C=O) groups excluding carboxylic acids is 1. The first-order valence-electron chi connectivity index (χ1n) is 11.7. The molecule has 0 radical (unpaired) electrons. The van der Waals surface area contributed by atoms with E-state index >= 15 is 0 Å². The Hall–Kier alpha value is -3.15. The van der Waals surface area contributed by atoms with Gasteiger partial charge in [-0.15, -0.1) is 0 Å². The zero-order valence-electron chi connectivity index (χ0n) is 19.7. The van der Waals surface area contributed by atoms with Crippen LogP contribution < -0.4 is 4.90 Å². The Morgan fingerprint density at radius 2 is 2.03 bits per heavy atom. The summed E-state index contributed by atoms with van der Waals surface area (Å²) >= 11 is 1.25. The quantitative estimate of drug-likeness (QED) is 0.362. The third-order valence-corrected chi connectivity index (χ3v) is 9.26. The van der Waals surface area contributed by atoms with Gasteiger partial charge in [0.25, 0.3) is 0 Å². The molecule has 11 heteroatoms. The molecule has 1 saturated heterocycles. The van der Waals surface area contributed by atoms with Crippen LogP contribution in [0.2, 0.25) is 0 Å². The predicted octanol–water partition coefficient (Wildman–Crippen LogP) is 4.07. The summed E-state index contributed by atoms with van der Waals surface area (Å²) in [5.74, 6) is -1.07. The number of rotatable bonds is 7. The standard InChI is InChI=1S/C25H26FN5O3S2/c1-18-5-8-21(9-6-18)36(33,34)30-13-2-4-19(17-30)24(32)31(15-14-29-12-3-11-27-29)25-28-22-10-7-20(26)16-23(22)35-25/h3,5-12,16,19H,2,4,13-15,17H2,1H3. The SMILES string of the molecule is Cc1ccc(S(=O)(=O)N2CCCC(C(=O)N(CCn3cccn3)c3nc4ccc(F)cc4s3)C2)cc1. The highest BCUT2D eigenvalue weighted by atomic mass is 32.2. The average molecular weight is 528 g/mol. The van der Waals surface area contributed by atoms with Crippen molar-refractivity contribution >= 4 is 42.6 Å². The van der Waals surface area contributed by atoms with Crippen molar-refractivity contribution in [1.29, 1.82) is 0 Å². The van der Waals surface area contributed by atoms with E-state index in [1.165, 1.54) is 27.8 Å². The number of hydrogen-bond donors (Lipinski definition) is 0. The van der Waals surface area contributed by atoms with Crippen LogP contribution in [0.5, 0.6) is 0 Å². The number of sulfonamides is 1. The number of piperidine rings is 1. The van der Waals surface area contributed by atoms with Gasteiger partial charge >= 0.3 is 0 Å². The number of thiazole rings is 1. The third kappa shape index (κ3) is 5.04. The smallest absolute Gasteiger partial charge is 0.243 e. The molecule has 188 valence electrons. The molecule has 0 aliphatic carbocycles. The maximum Gasteiger partial charge on any atom is 0.243 e. The van der Waals surface area contributed by atoms with Crippen molar-refractivity contribution in [3.63, 3.8) is 0 Å². The van der Waals surface area contributed by atoms with Crippen LogP contribution in [0.25, 0.3) is 10.2 Å². The molecule has 2 aromatic carbocycles. The molecule has 36 heavy (non-hydrogen) atoms. The Bertz CT molecular complexity index is 1470. The number of amides is 1. The van der Waals surface area contributed by atoms with Crippen LogP contribution in [0.3, 0.4) is 0 Å². The molecule has 0 saturated carbocycles. The van der Waals surface area contributed by atoms with Crippen LogP contribution in [-0.4, -0.2) is 53.0 Å². The summed E-state index contributed by atoms with van der Waals surface area (Å²) in [7, 11) is -3.71. The average Bonchev–Trinajstić information content (AvgIpc) is 3.54. The van der Waals surface area contributed by atoms with Gasteiger partial charge in [-0.3, -0.25) is 14.4 Å². The van der Waals surface area contributed by atoms with Gasteiger partial charge in [-0.25, -0.2) is 17.8 Å². The number of nitrogens with zero attached hydrogens (tertiary/aromatic N) is 5. The maximum atomic E-state index is 13.8. The Kier molecular flexibility index (Phi) is 6.87. The summed E-state index contributed by atoms with van der Waals surface area (Å²) in [5.41, 5.74) is 1.59. The lowest BCUT2D eigenvalue weighted by atomic mass is 9.98. The highest BCUT2D eigenvalue weighted by Gasteiger charge is 2.36. The second-order valence-corrected chi connectivity index (χ2v) is 11.8.